The summed E-state index contributed by atoms with van der Waals surface area (Å²) in [5.41, 5.74) is 3.33. The largest absolute Gasteiger partial charge is 0.352 e. The molecule has 1 aliphatic rings. The van der Waals surface area contributed by atoms with Gasteiger partial charge < -0.3 is 15.2 Å². The minimum Gasteiger partial charge on any atom is -0.352 e. The number of carbonyl (C=O) groups excluding carboxylic acids is 2. The van der Waals surface area contributed by atoms with E-state index in [0.717, 1.165) is 35.7 Å². The van der Waals surface area contributed by atoms with Gasteiger partial charge in [-0.25, -0.2) is 4.98 Å². The number of fused-ring (bicyclic) bond motifs is 1. The number of hydrogen-bond donors (Lipinski definition) is 2. The molecular weight excluding hydrogens is 412 g/mol. The molecule has 6 nitrogen and oxygen atoms in total. The summed E-state index contributed by atoms with van der Waals surface area (Å²) in [6.07, 6.45) is 6.44. The lowest BCUT2D eigenvalue weighted by atomic mass is 10.1. The molecule has 0 saturated carbocycles. The van der Waals surface area contributed by atoms with Gasteiger partial charge in [0.2, 0.25) is 5.91 Å². The average molecular weight is 437 g/mol. The Hall–Kier alpha value is -3.12. The van der Waals surface area contributed by atoms with Crippen LogP contribution in [0.5, 0.6) is 0 Å². The van der Waals surface area contributed by atoms with Crippen LogP contribution in [0.25, 0.3) is 11.3 Å². The van der Waals surface area contributed by atoms with Crippen molar-refractivity contribution in [1.29, 1.82) is 0 Å². The number of imidazole rings is 1. The van der Waals surface area contributed by atoms with Crippen LogP contribution >= 0.6 is 11.6 Å². The summed E-state index contributed by atoms with van der Waals surface area (Å²) in [4.78, 5) is 29.0. The Morgan fingerprint density at radius 1 is 1.03 bits per heavy atom. The number of hydrogen-bond acceptors (Lipinski definition) is 3. The van der Waals surface area contributed by atoms with Crippen LogP contribution in [0.4, 0.5) is 5.69 Å². The van der Waals surface area contributed by atoms with Crippen molar-refractivity contribution >= 4 is 29.1 Å². The second-order valence-electron chi connectivity index (χ2n) is 7.68. The molecule has 2 heterocycles. The first-order valence-electron chi connectivity index (χ1n) is 10.6. The maximum Gasteiger partial charge on any atom is 0.251 e. The molecule has 1 aromatic heterocycles. The highest BCUT2D eigenvalue weighted by Crippen LogP contribution is 2.24. The lowest BCUT2D eigenvalue weighted by Crippen LogP contribution is -2.25. The van der Waals surface area contributed by atoms with Gasteiger partial charge in [-0.05, 0) is 55.7 Å². The Morgan fingerprint density at radius 2 is 1.81 bits per heavy atom. The predicted octanol–water partition coefficient (Wildman–Crippen LogP) is 4.69. The summed E-state index contributed by atoms with van der Waals surface area (Å²) in [6.45, 7) is 1.47. The monoisotopic (exact) mass is 436 g/mol. The van der Waals surface area contributed by atoms with Gasteiger partial charge in [-0.3, -0.25) is 9.59 Å². The zero-order valence-electron chi connectivity index (χ0n) is 17.2. The molecule has 1 aliphatic heterocycles. The van der Waals surface area contributed by atoms with Crippen molar-refractivity contribution in [2.24, 2.45) is 0 Å². The minimum absolute atomic E-state index is 0.0778. The van der Waals surface area contributed by atoms with Gasteiger partial charge in [0.25, 0.3) is 5.91 Å². The molecule has 2 aromatic carbocycles. The second-order valence-corrected chi connectivity index (χ2v) is 8.12. The van der Waals surface area contributed by atoms with Crippen molar-refractivity contribution in [3.63, 3.8) is 0 Å². The number of amides is 2. The number of halogens is 1. The Morgan fingerprint density at radius 3 is 2.55 bits per heavy atom. The van der Waals surface area contributed by atoms with E-state index in [0.29, 0.717) is 30.0 Å². The molecule has 2 N–H and O–H groups in total. The second kappa shape index (κ2) is 9.79. The number of carbonyl (C=O) groups is 2. The van der Waals surface area contributed by atoms with Crippen LogP contribution in [0.1, 0.15) is 41.9 Å². The van der Waals surface area contributed by atoms with Gasteiger partial charge in [0.15, 0.2) is 0 Å². The third-order valence-electron chi connectivity index (χ3n) is 5.35. The average Bonchev–Trinajstić information content (AvgIpc) is 3.22. The first kappa shape index (κ1) is 21.1. The van der Waals surface area contributed by atoms with E-state index < -0.39 is 0 Å². The van der Waals surface area contributed by atoms with E-state index in [4.69, 9.17) is 16.6 Å². The van der Waals surface area contributed by atoms with E-state index in [-0.39, 0.29) is 11.8 Å². The fourth-order valence-corrected chi connectivity index (χ4v) is 3.78. The van der Waals surface area contributed by atoms with Crippen LogP contribution < -0.4 is 10.6 Å². The van der Waals surface area contributed by atoms with Gasteiger partial charge in [0.1, 0.15) is 5.82 Å². The van der Waals surface area contributed by atoms with Crippen LogP contribution in [0.2, 0.25) is 5.02 Å². The van der Waals surface area contributed by atoms with Gasteiger partial charge in [-0.1, -0.05) is 23.7 Å². The highest BCUT2D eigenvalue weighted by Gasteiger charge is 2.13. The van der Waals surface area contributed by atoms with E-state index in [2.05, 4.69) is 21.4 Å². The number of anilines is 1. The standard InChI is InChI=1S/C24H25ClN4O2/c25-19-10-6-18(7-11-19)24(31)26-14-3-5-23(30)27-20-12-8-17(9-13-20)21-16-29-15-2-1-4-22(29)28-21/h6-13,16H,1-5,14-15H2,(H,26,31)(H,27,30). The van der Waals surface area contributed by atoms with E-state index in [1.807, 2.05) is 24.3 Å². The highest BCUT2D eigenvalue weighted by molar-refractivity contribution is 6.30. The summed E-state index contributed by atoms with van der Waals surface area (Å²) >= 11 is 5.83. The molecule has 0 radical (unpaired) electrons. The number of aryl methyl sites for hydroxylation is 2. The molecule has 7 heteroatoms. The Bertz CT molecular complexity index is 1030. The fourth-order valence-electron chi connectivity index (χ4n) is 3.65. The molecule has 4 rings (SSSR count). The van der Waals surface area contributed by atoms with Crippen molar-refractivity contribution < 1.29 is 9.59 Å². The van der Waals surface area contributed by atoms with Crippen molar-refractivity contribution in [3.8, 4) is 11.3 Å². The molecular formula is C24H25ClN4O2. The zero-order chi connectivity index (χ0) is 21.6. The lowest BCUT2D eigenvalue weighted by Gasteiger charge is -2.11. The van der Waals surface area contributed by atoms with E-state index >= 15 is 0 Å². The zero-order valence-corrected chi connectivity index (χ0v) is 18.0. The topological polar surface area (TPSA) is 76.0 Å². The summed E-state index contributed by atoms with van der Waals surface area (Å²) in [6, 6.07) is 14.5. The van der Waals surface area contributed by atoms with E-state index in [9.17, 15) is 9.59 Å². The summed E-state index contributed by atoms with van der Waals surface area (Å²) in [5, 5.41) is 6.30. The lowest BCUT2D eigenvalue weighted by molar-refractivity contribution is -0.116. The predicted molar refractivity (Wildman–Crippen MR) is 122 cm³/mol. The molecule has 0 spiro atoms. The summed E-state index contributed by atoms with van der Waals surface area (Å²) in [5.74, 6) is 0.904. The maximum absolute atomic E-state index is 12.2. The quantitative estimate of drug-likeness (QED) is 0.527. The molecule has 2 amide bonds. The van der Waals surface area contributed by atoms with Crippen molar-refractivity contribution in [2.45, 2.75) is 38.6 Å². The molecule has 0 saturated heterocycles. The minimum atomic E-state index is -0.173. The van der Waals surface area contributed by atoms with Crippen LogP contribution in [0, 0.1) is 0 Å². The maximum atomic E-state index is 12.2. The van der Waals surface area contributed by atoms with Crippen molar-refractivity contribution in [1.82, 2.24) is 14.9 Å². The van der Waals surface area contributed by atoms with Gasteiger partial charge >= 0.3 is 0 Å². The first-order valence-corrected chi connectivity index (χ1v) is 11.0. The third kappa shape index (κ3) is 5.52. The number of aromatic nitrogens is 2. The number of rotatable bonds is 7. The molecule has 0 atom stereocenters. The fraction of sp³-hybridized carbons (Fsp3) is 0.292. The molecule has 160 valence electrons. The highest BCUT2D eigenvalue weighted by atomic mass is 35.5. The Balaban J connectivity index is 1.22. The summed E-state index contributed by atoms with van der Waals surface area (Å²) in [7, 11) is 0. The third-order valence-corrected chi connectivity index (χ3v) is 5.60. The molecule has 31 heavy (non-hydrogen) atoms. The van der Waals surface area contributed by atoms with E-state index in [1.54, 1.807) is 24.3 Å². The van der Waals surface area contributed by atoms with Crippen LogP contribution in [0.15, 0.2) is 54.7 Å². The van der Waals surface area contributed by atoms with Crippen molar-refractivity contribution in [2.75, 3.05) is 11.9 Å². The SMILES string of the molecule is O=C(CCCNC(=O)c1ccc(Cl)cc1)Nc1ccc(-c2cn3c(n2)CCCC3)cc1. The number of nitrogens with zero attached hydrogens (tertiary/aromatic N) is 2. The molecule has 0 bridgehead atoms. The van der Waals surface area contributed by atoms with E-state index in [1.165, 1.54) is 12.8 Å². The van der Waals surface area contributed by atoms with Crippen LogP contribution in [0.3, 0.4) is 0 Å². The first-order chi connectivity index (χ1) is 15.1. The number of nitrogens with one attached hydrogen (secondary N) is 2. The molecule has 3 aromatic rings. The molecule has 0 aliphatic carbocycles. The molecule has 0 fully saturated rings. The van der Waals surface area contributed by atoms with Crippen LogP contribution in [-0.2, 0) is 17.8 Å². The summed E-state index contributed by atoms with van der Waals surface area (Å²) < 4.78 is 2.24. The van der Waals surface area contributed by atoms with Crippen molar-refractivity contribution in [3.05, 3.63) is 71.1 Å². The van der Waals surface area contributed by atoms with Gasteiger partial charge in [-0.15, -0.1) is 0 Å². The Kier molecular flexibility index (Phi) is 6.67. The smallest absolute Gasteiger partial charge is 0.251 e. The van der Waals surface area contributed by atoms with Crippen LogP contribution in [-0.4, -0.2) is 27.9 Å². The molecule has 0 unspecified atom stereocenters. The van der Waals surface area contributed by atoms with Gasteiger partial charge in [0, 0.05) is 54.0 Å². The van der Waals surface area contributed by atoms with Gasteiger partial charge in [-0.2, -0.15) is 0 Å². The Labute approximate surface area is 186 Å². The van der Waals surface area contributed by atoms with Gasteiger partial charge in [0.05, 0.1) is 5.69 Å². The normalized spacial score (nSPS) is 12.8. The number of benzene rings is 2.